The number of nitrogens with zero attached hydrogens (tertiary/aromatic N) is 3. The Morgan fingerprint density at radius 2 is 2.10 bits per heavy atom. The number of aliphatic hydroxyl groups is 1. The van der Waals surface area contributed by atoms with Crippen molar-refractivity contribution in [2.45, 2.75) is 37.8 Å². The van der Waals surface area contributed by atoms with Crippen molar-refractivity contribution < 1.29 is 9.52 Å². The van der Waals surface area contributed by atoms with Crippen molar-refractivity contribution in [1.29, 1.82) is 0 Å². The van der Waals surface area contributed by atoms with Crippen molar-refractivity contribution in [2.75, 3.05) is 5.32 Å². The normalized spacial score (nSPS) is 19.5. The molecule has 4 aromatic rings. The van der Waals surface area contributed by atoms with Gasteiger partial charge < -0.3 is 14.8 Å². The zero-order valence-electron chi connectivity index (χ0n) is 15.8. The summed E-state index contributed by atoms with van der Waals surface area (Å²) in [6.07, 6.45) is 10.7. The quantitative estimate of drug-likeness (QED) is 0.463. The van der Waals surface area contributed by atoms with E-state index in [1.54, 1.807) is 12.5 Å². The van der Waals surface area contributed by atoms with Crippen molar-refractivity contribution >= 4 is 22.9 Å². The fraction of sp³-hybridized carbons (Fsp3) is 0.273. The molecule has 1 aliphatic rings. The lowest BCUT2D eigenvalue weighted by Gasteiger charge is -2.27. The van der Waals surface area contributed by atoms with Gasteiger partial charge >= 0.3 is 0 Å². The molecule has 1 saturated carbocycles. The maximum absolute atomic E-state index is 9.94. The van der Waals surface area contributed by atoms with Gasteiger partial charge in [0, 0.05) is 23.4 Å². The number of hydrogen-bond donors (Lipinski definition) is 2. The number of aromatic nitrogens is 3. The Kier molecular flexibility index (Phi) is 4.73. The zero-order valence-corrected chi connectivity index (χ0v) is 16.5. The second-order valence-corrected chi connectivity index (χ2v) is 7.91. The predicted octanol–water partition coefficient (Wildman–Crippen LogP) is 5.03. The van der Waals surface area contributed by atoms with Gasteiger partial charge in [0.25, 0.3) is 0 Å². The van der Waals surface area contributed by atoms with Crippen LogP contribution in [0.2, 0.25) is 5.15 Å². The summed E-state index contributed by atoms with van der Waals surface area (Å²) in [7, 11) is 0. The maximum atomic E-state index is 9.94. The molecule has 1 fully saturated rings. The number of halogens is 1. The van der Waals surface area contributed by atoms with Gasteiger partial charge in [0.15, 0.2) is 0 Å². The van der Waals surface area contributed by atoms with Crippen molar-refractivity contribution in [2.24, 2.45) is 0 Å². The minimum Gasteiger partial charge on any atom is -0.472 e. The molecule has 0 saturated heterocycles. The second-order valence-electron chi connectivity index (χ2n) is 7.53. The molecule has 1 unspecified atom stereocenters. The van der Waals surface area contributed by atoms with Gasteiger partial charge in [-0.3, -0.25) is 4.40 Å². The van der Waals surface area contributed by atoms with E-state index in [9.17, 15) is 5.11 Å². The van der Waals surface area contributed by atoms with Crippen LogP contribution in [0.15, 0.2) is 59.7 Å². The Balaban J connectivity index is 1.51. The average molecular weight is 409 g/mol. The van der Waals surface area contributed by atoms with Crippen LogP contribution >= 0.6 is 11.6 Å². The van der Waals surface area contributed by atoms with Crippen LogP contribution in [0.5, 0.6) is 0 Å². The first kappa shape index (κ1) is 18.2. The van der Waals surface area contributed by atoms with Crippen LogP contribution in [0, 0.1) is 0 Å². The first-order valence-corrected chi connectivity index (χ1v) is 10.2. The fourth-order valence-corrected chi connectivity index (χ4v) is 4.22. The van der Waals surface area contributed by atoms with E-state index in [-0.39, 0.29) is 12.1 Å². The Hall–Kier alpha value is -2.83. The van der Waals surface area contributed by atoms with Gasteiger partial charge in [-0.05, 0) is 56.0 Å². The lowest BCUT2D eigenvalue weighted by atomic mass is 9.93. The third kappa shape index (κ3) is 3.73. The molecular formula is C22H21ClN4O2. The highest BCUT2D eigenvalue weighted by Gasteiger charge is 2.20. The van der Waals surface area contributed by atoms with Crippen LogP contribution in [-0.4, -0.2) is 31.6 Å². The molecular weight excluding hydrogens is 388 g/mol. The summed E-state index contributed by atoms with van der Waals surface area (Å²) in [6.45, 7) is 0. The van der Waals surface area contributed by atoms with Gasteiger partial charge in [-0.1, -0.05) is 11.6 Å². The number of anilines is 1. The van der Waals surface area contributed by atoms with E-state index in [0.29, 0.717) is 5.15 Å². The minimum atomic E-state index is -0.214. The Morgan fingerprint density at radius 1 is 1.17 bits per heavy atom. The van der Waals surface area contributed by atoms with E-state index in [0.717, 1.165) is 59.5 Å². The first-order chi connectivity index (χ1) is 14.2. The van der Waals surface area contributed by atoms with Gasteiger partial charge in [-0.25, -0.2) is 9.97 Å². The van der Waals surface area contributed by atoms with Crippen LogP contribution in [0.3, 0.4) is 0 Å². The molecule has 0 aliphatic heterocycles. The van der Waals surface area contributed by atoms with Crippen LogP contribution < -0.4 is 5.32 Å². The highest BCUT2D eigenvalue weighted by molar-refractivity contribution is 6.29. The number of nitrogens with one attached hydrogen (secondary N) is 1. The van der Waals surface area contributed by atoms with Gasteiger partial charge in [0.2, 0.25) is 0 Å². The number of rotatable bonds is 4. The molecule has 2 atom stereocenters. The molecule has 0 bridgehead atoms. The van der Waals surface area contributed by atoms with Crippen molar-refractivity contribution in [1.82, 2.24) is 14.4 Å². The summed E-state index contributed by atoms with van der Waals surface area (Å²) in [5.41, 5.74) is 5.35. The SMILES string of the molecule is O[C@H]1CCCC(Nc2ccc3ncc(-c4cc(Cl)nc(-c5ccoc5)c4)n3c2)C1. The fourth-order valence-electron chi connectivity index (χ4n) is 4.01. The molecule has 0 aromatic carbocycles. The summed E-state index contributed by atoms with van der Waals surface area (Å²) in [4.78, 5) is 8.94. The van der Waals surface area contributed by atoms with E-state index >= 15 is 0 Å². The second kappa shape index (κ2) is 7.54. The van der Waals surface area contributed by atoms with Crippen molar-refractivity contribution in [3.05, 3.63) is 60.4 Å². The maximum Gasteiger partial charge on any atom is 0.137 e. The summed E-state index contributed by atoms with van der Waals surface area (Å²) in [6, 6.07) is 9.99. The van der Waals surface area contributed by atoms with Crippen molar-refractivity contribution in [3.63, 3.8) is 0 Å². The highest BCUT2D eigenvalue weighted by atomic mass is 35.5. The van der Waals surface area contributed by atoms with E-state index in [1.807, 2.05) is 47.1 Å². The van der Waals surface area contributed by atoms with E-state index in [4.69, 9.17) is 16.0 Å². The molecule has 2 N–H and O–H groups in total. The van der Waals surface area contributed by atoms with E-state index in [2.05, 4.69) is 15.3 Å². The van der Waals surface area contributed by atoms with E-state index < -0.39 is 0 Å². The molecule has 148 valence electrons. The molecule has 0 radical (unpaired) electrons. The molecule has 7 heteroatoms. The largest absolute Gasteiger partial charge is 0.472 e. The molecule has 1 aliphatic carbocycles. The lowest BCUT2D eigenvalue weighted by molar-refractivity contribution is 0.124. The topological polar surface area (TPSA) is 75.6 Å². The summed E-state index contributed by atoms with van der Waals surface area (Å²) in [5, 5.41) is 13.9. The number of furan rings is 1. The first-order valence-electron chi connectivity index (χ1n) is 9.78. The average Bonchev–Trinajstić information content (AvgIpc) is 3.37. The van der Waals surface area contributed by atoms with Gasteiger partial charge in [0.05, 0.1) is 41.9 Å². The molecule has 5 rings (SSSR count). The van der Waals surface area contributed by atoms with Crippen LogP contribution in [0.25, 0.3) is 28.2 Å². The van der Waals surface area contributed by atoms with Gasteiger partial charge in [-0.15, -0.1) is 0 Å². The third-order valence-corrected chi connectivity index (χ3v) is 5.62. The smallest absolute Gasteiger partial charge is 0.137 e. The molecule has 29 heavy (non-hydrogen) atoms. The number of fused-ring (bicyclic) bond motifs is 1. The molecule has 0 spiro atoms. The summed E-state index contributed by atoms with van der Waals surface area (Å²) >= 11 is 6.30. The molecule has 4 aromatic heterocycles. The van der Waals surface area contributed by atoms with Crippen LogP contribution in [0.4, 0.5) is 5.69 Å². The number of imidazole rings is 1. The van der Waals surface area contributed by atoms with Gasteiger partial charge in [-0.2, -0.15) is 0 Å². The number of aliphatic hydroxyl groups excluding tert-OH is 1. The summed E-state index contributed by atoms with van der Waals surface area (Å²) < 4.78 is 7.23. The number of hydrogen-bond acceptors (Lipinski definition) is 5. The molecule has 4 heterocycles. The predicted molar refractivity (Wildman–Crippen MR) is 113 cm³/mol. The summed E-state index contributed by atoms with van der Waals surface area (Å²) in [5.74, 6) is 0. The monoisotopic (exact) mass is 408 g/mol. The molecule has 6 nitrogen and oxygen atoms in total. The standard InChI is InChI=1S/C22H21ClN4O2/c23-21-9-15(8-19(26-21)14-6-7-29-13-14)20-11-24-22-5-4-17(12-27(20)22)25-16-2-1-3-18(28)10-16/h4-9,11-13,16,18,25,28H,1-3,10H2/t16?,18-/m0/s1. The van der Waals surface area contributed by atoms with E-state index in [1.165, 1.54) is 0 Å². The Labute approximate surface area is 173 Å². The molecule has 0 amide bonds. The van der Waals surface area contributed by atoms with Crippen LogP contribution in [0.1, 0.15) is 25.7 Å². The third-order valence-electron chi connectivity index (χ3n) is 5.43. The van der Waals surface area contributed by atoms with Crippen molar-refractivity contribution in [3.8, 4) is 22.5 Å². The lowest BCUT2D eigenvalue weighted by Crippen LogP contribution is -2.29. The minimum absolute atomic E-state index is 0.214. The van der Waals surface area contributed by atoms with Gasteiger partial charge in [0.1, 0.15) is 10.8 Å². The number of pyridine rings is 2. The zero-order chi connectivity index (χ0) is 19.8. The highest BCUT2D eigenvalue weighted by Crippen LogP contribution is 2.30. The van der Waals surface area contributed by atoms with Crippen LogP contribution in [-0.2, 0) is 0 Å². The Bertz CT molecular complexity index is 1140. The Morgan fingerprint density at radius 3 is 2.93 bits per heavy atom.